The van der Waals surface area contributed by atoms with Crippen molar-refractivity contribution in [1.29, 1.82) is 0 Å². The molecule has 1 fully saturated rings. The number of rotatable bonds is 2. The smallest absolute Gasteiger partial charge is 0.0292 e. The zero-order valence-corrected chi connectivity index (χ0v) is 10.6. The van der Waals surface area contributed by atoms with Crippen LogP contribution in [0.3, 0.4) is 0 Å². The van der Waals surface area contributed by atoms with Crippen molar-refractivity contribution in [2.45, 2.75) is 59.4 Å². The molecule has 1 nitrogen and oxygen atoms in total. The first kappa shape index (κ1) is 11.2. The highest BCUT2D eigenvalue weighted by atomic mass is 14.8. The van der Waals surface area contributed by atoms with Crippen LogP contribution in [0.15, 0.2) is 11.6 Å². The minimum atomic E-state index is 0.315. The van der Waals surface area contributed by atoms with E-state index < -0.39 is 0 Å². The predicted octanol–water partition coefficient (Wildman–Crippen LogP) is 3.50. The molecule has 0 aromatic heterocycles. The van der Waals surface area contributed by atoms with Crippen molar-refractivity contribution < 1.29 is 0 Å². The Balaban J connectivity index is 2.10. The van der Waals surface area contributed by atoms with Gasteiger partial charge in [0, 0.05) is 6.04 Å². The topological polar surface area (TPSA) is 26.0 Å². The quantitative estimate of drug-likeness (QED) is 0.689. The highest BCUT2D eigenvalue weighted by Gasteiger charge is 2.66. The predicted molar refractivity (Wildman–Crippen MR) is 65.6 cm³/mol. The fourth-order valence-electron chi connectivity index (χ4n) is 3.53. The van der Waals surface area contributed by atoms with E-state index in [0.29, 0.717) is 22.8 Å². The first-order valence-corrected chi connectivity index (χ1v) is 6.33. The lowest BCUT2D eigenvalue weighted by atomic mass is 9.89. The van der Waals surface area contributed by atoms with Gasteiger partial charge in [-0.25, -0.2) is 0 Å². The molecule has 0 spiro atoms. The van der Waals surface area contributed by atoms with Crippen molar-refractivity contribution in [3.05, 3.63) is 11.6 Å². The molecular weight excluding hydrogens is 182 g/mol. The molecule has 2 N–H and O–H groups in total. The summed E-state index contributed by atoms with van der Waals surface area (Å²) in [7, 11) is 0. The van der Waals surface area contributed by atoms with Gasteiger partial charge in [-0.2, -0.15) is 0 Å². The molecule has 0 radical (unpaired) electrons. The van der Waals surface area contributed by atoms with Gasteiger partial charge >= 0.3 is 0 Å². The van der Waals surface area contributed by atoms with Gasteiger partial charge in [0.05, 0.1) is 0 Å². The summed E-state index contributed by atoms with van der Waals surface area (Å²) in [6, 6.07) is 0.315. The highest BCUT2D eigenvalue weighted by Crippen LogP contribution is 2.70. The van der Waals surface area contributed by atoms with Gasteiger partial charge in [-0.1, -0.05) is 39.3 Å². The van der Waals surface area contributed by atoms with Gasteiger partial charge < -0.3 is 5.73 Å². The van der Waals surface area contributed by atoms with Gasteiger partial charge in [0.25, 0.3) is 0 Å². The van der Waals surface area contributed by atoms with E-state index >= 15 is 0 Å². The maximum Gasteiger partial charge on any atom is 0.0292 e. The summed E-state index contributed by atoms with van der Waals surface area (Å²) in [6.45, 7) is 9.45. The van der Waals surface area contributed by atoms with Crippen molar-refractivity contribution >= 4 is 0 Å². The van der Waals surface area contributed by atoms with Crippen LogP contribution in [0.1, 0.15) is 53.4 Å². The minimum absolute atomic E-state index is 0.315. The number of allylic oxidation sites excluding steroid dienone is 1. The molecule has 1 saturated carbocycles. The van der Waals surface area contributed by atoms with Gasteiger partial charge in [-0.15, -0.1) is 0 Å². The molecule has 2 aliphatic rings. The molecule has 15 heavy (non-hydrogen) atoms. The van der Waals surface area contributed by atoms with E-state index in [1.165, 1.54) is 31.3 Å². The molecule has 2 aliphatic carbocycles. The molecule has 1 heteroatoms. The fourth-order valence-corrected chi connectivity index (χ4v) is 3.53. The van der Waals surface area contributed by atoms with E-state index in [1.807, 2.05) is 0 Å². The van der Waals surface area contributed by atoms with Crippen LogP contribution < -0.4 is 5.73 Å². The lowest BCUT2D eigenvalue weighted by Crippen LogP contribution is -2.29. The second-order valence-corrected chi connectivity index (χ2v) is 6.47. The molecule has 1 atom stereocenters. The van der Waals surface area contributed by atoms with E-state index in [4.69, 9.17) is 5.73 Å². The average molecular weight is 207 g/mol. The molecule has 0 heterocycles. The van der Waals surface area contributed by atoms with Crippen molar-refractivity contribution in [3.63, 3.8) is 0 Å². The second-order valence-electron chi connectivity index (χ2n) is 6.47. The Kier molecular flexibility index (Phi) is 2.50. The zero-order chi connectivity index (χ0) is 11.3. The molecule has 0 bridgehead atoms. The fraction of sp³-hybridized carbons (Fsp3) is 0.857. The summed E-state index contributed by atoms with van der Waals surface area (Å²) in [6.07, 6.45) is 7.58. The first-order chi connectivity index (χ1) is 6.89. The summed E-state index contributed by atoms with van der Waals surface area (Å²) in [5.74, 6) is 0.675. The van der Waals surface area contributed by atoms with Crippen molar-refractivity contribution in [1.82, 2.24) is 0 Å². The standard InChI is InChI=1S/C14H25N/c1-13(2)12(14(13,3)4)11(15)10-8-6-5-7-9-10/h8,11-12H,5-7,9,15H2,1-4H3. The Bertz CT molecular complexity index is 272. The molecule has 0 aliphatic heterocycles. The van der Waals surface area contributed by atoms with E-state index in [0.717, 1.165) is 0 Å². The molecule has 0 aromatic carbocycles. The van der Waals surface area contributed by atoms with E-state index in [9.17, 15) is 0 Å². The van der Waals surface area contributed by atoms with Crippen molar-refractivity contribution in [3.8, 4) is 0 Å². The Labute approximate surface area is 94.1 Å². The summed E-state index contributed by atoms with van der Waals surface area (Å²) in [4.78, 5) is 0. The van der Waals surface area contributed by atoms with Crippen molar-refractivity contribution in [2.24, 2.45) is 22.5 Å². The van der Waals surface area contributed by atoms with Gasteiger partial charge in [-0.05, 0) is 42.4 Å². The Morgan fingerprint density at radius 3 is 2.20 bits per heavy atom. The maximum absolute atomic E-state index is 6.44. The molecule has 0 amide bonds. The molecular formula is C14H25N. The first-order valence-electron chi connectivity index (χ1n) is 6.33. The summed E-state index contributed by atoms with van der Waals surface area (Å²) >= 11 is 0. The third-order valence-electron chi connectivity index (χ3n) is 5.25. The lowest BCUT2D eigenvalue weighted by Gasteiger charge is -2.21. The van der Waals surface area contributed by atoms with Crippen LogP contribution in [-0.2, 0) is 0 Å². The summed E-state index contributed by atoms with van der Waals surface area (Å²) in [5.41, 5.74) is 8.81. The van der Waals surface area contributed by atoms with Crippen LogP contribution in [0.2, 0.25) is 0 Å². The monoisotopic (exact) mass is 207 g/mol. The van der Waals surface area contributed by atoms with Crippen LogP contribution in [0.25, 0.3) is 0 Å². The van der Waals surface area contributed by atoms with Crippen LogP contribution in [0.5, 0.6) is 0 Å². The van der Waals surface area contributed by atoms with E-state index in [2.05, 4.69) is 33.8 Å². The number of nitrogens with two attached hydrogens (primary N) is 1. The van der Waals surface area contributed by atoms with Gasteiger partial charge in [0.15, 0.2) is 0 Å². The van der Waals surface area contributed by atoms with Crippen LogP contribution in [0.4, 0.5) is 0 Å². The molecule has 86 valence electrons. The van der Waals surface area contributed by atoms with E-state index in [-0.39, 0.29) is 0 Å². The van der Waals surface area contributed by atoms with Gasteiger partial charge in [0.1, 0.15) is 0 Å². The largest absolute Gasteiger partial charge is 0.324 e. The number of hydrogen-bond acceptors (Lipinski definition) is 1. The number of hydrogen-bond donors (Lipinski definition) is 1. The maximum atomic E-state index is 6.44. The van der Waals surface area contributed by atoms with Crippen molar-refractivity contribution in [2.75, 3.05) is 0 Å². The van der Waals surface area contributed by atoms with Crippen LogP contribution in [-0.4, -0.2) is 6.04 Å². The lowest BCUT2D eigenvalue weighted by molar-refractivity contribution is 0.457. The molecule has 0 aromatic rings. The third-order valence-corrected chi connectivity index (χ3v) is 5.25. The average Bonchev–Trinajstić information content (AvgIpc) is 2.58. The summed E-state index contributed by atoms with van der Waals surface area (Å²) in [5, 5.41) is 0. The van der Waals surface area contributed by atoms with Crippen LogP contribution in [0, 0.1) is 16.7 Å². The van der Waals surface area contributed by atoms with Gasteiger partial charge in [0.2, 0.25) is 0 Å². The molecule has 0 saturated heterocycles. The highest BCUT2D eigenvalue weighted by molar-refractivity contribution is 5.25. The normalized spacial score (nSPS) is 30.9. The van der Waals surface area contributed by atoms with Gasteiger partial charge in [-0.3, -0.25) is 0 Å². The summed E-state index contributed by atoms with van der Waals surface area (Å²) < 4.78 is 0. The zero-order valence-electron chi connectivity index (χ0n) is 10.6. The third kappa shape index (κ3) is 1.56. The van der Waals surface area contributed by atoms with E-state index in [1.54, 1.807) is 0 Å². The molecule has 1 unspecified atom stereocenters. The second kappa shape index (κ2) is 3.35. The minimum Gasteiger partial charge on any atom is -0.324 e. The SMILES string of the molecule is CC1(C)C(C(N)C2=CCCCC2)C1(C)C. The Hall–Kier alpha value is -0.300. The van der Waals surface area contributed by atoms with Crippen LogP contribution >= 0.6 is 0 Å². The Morgan fingerprint density at radius 2 is 1.80 bits per heavy atom. The Morgan fingerprint density at radius 1 is 1.20 bits per heavy atom. The molecule has 2 rings (SSSR count).